The molecule has 0 N–H and O–H groups in total. The number of nitrogens with zero attached hydrogens (tertiary/aromatic N) is 2. The van der Waals surface area contributed by atoms with Crippen molar-refractivity contribution in [2.75, 3.05) is 13.2 Å². The number of rotatable bonds is 3. The summed E-state index contributed by atoms with van der Waals surface area (Å²) in [5.41, 5.74) is 2.90. The Morgan fingerprint density at radius 1 is 1.44 bits per heavy atom. The van der Waals surface area contributed by atoms with Gasteiger partial charge >= 0.3 is 5.97 Å². The van der Waals surface area contributed by atoms with Gasteiger partial charge in [-0.25, -0.2) is 9.48 Å². The first kappa shape index (κ1) is 16.6. The Kier molecular flexibility index (Phi) is 4.52. The minimum Gasteiger partial charge on any atom is -0.488 e. The predicted molar refractivity (Wildman–Crippen MR) is 94.5 cm³/mol. The highest BCUT2D eigenvalue weighted by Crippen LogP contribution is 2.42. The zero-order chi connectivity index (χ0) is 17.4. The fraction of sp³-hybridized carbons (Fsp3) is 0.444. The highest BCUT2D eigenvalue weighted by Gasteiger charge is 2.33. The SMILES string of the molecule is CCOC(=O)c1nn(C2CCCCO2)c2c1COc1cc(Br)ccc1-2. The molecule has 2 aliphatic heterocycles. The molecule has 1 saturated heterocycles. The number of hydrogen-bond acceptors (Lipinski definition) is 5. The van der Waals surface area contributed by atoms with Crippen LogP contribution in [0.3, 0.4) is 0 Å². The predicted octanol–water partition coefficient (Wildman–Crippen LogP) is 4.08. The van der Waals surface area contributed by atoms with Gasteiger partial charge in [-0.15, -0.1) is 0 Å². The number of fused-ring (bicyclic) bond motifs is 3. The van der Waals surface area contributed by atoms with E-state index in [2.05, 4.69) is 21.0 Å². The van der Waals surface area contributed by atoms with Gasteiger partial charge in [-0.1, -0.05) is 15.9 Å². The van der Waals surface area contributed by atoms with Gasteiger partial charge in [-0.2, -0.15) is 5.10 Å². The van der Waals surface area contributed by atoms with Gasteiger partial charge in [0.05, 0.1) is 17.9 Å². The van der Waals surface area contributed by atoms with Crippen LogP contribution < -0.4 is 4.74 Å². The van der Waals surface area contributed by atoms with E-state index in [-0.39, 0.29) is 6.23 Å². The number of esters is 1. The monoisotopic (exact) mass is 406 g/mol. The smallest absolute Gasteiger partial charge is 0.359 e. The molecule has 1 aromatic carbocycles. The molecule has 132 valence electrons. The molecule has 1 fully saturated rings. The average Bonchev–Trinajstić information content (AvgIpc) is 3.02. The van der Waals surface area contributed by atoms with E-state index in [4.69, 9.17) is 14.2 Å². The molecule has 4 rings (SSSR count). The lowest BCUT2D eigenvalue weighted by atomic mass is 10.0. The molecule has 0 bridgehead atoms. The fourth-order valence-electron chi connectivity index (χ4n) is 3.34. The number of benzene rings is 1. The summed E-state index contributed by atoms with van der Waals surface area (Å²) in [4.78, 5) is 12.4. The van der Waals surface area contributed by atoms with Gasteiger partial charge in [-0.05, 0) is 44.4 Å². The Bertz CT molecular complexity index is 812. The number of carbonyl (C=O) groups is 1. The molecule has 0 spiro atoms. The number of halogens is 1. The van der Waals surface area contributed by atoms with Crippen molar-refractivity contribution in [2.24, 2.45) is 0 Å². The Morgan fingerprint density at radius 3 is 3.08 bits per heavy atom. The zero-order valence-electron chi connectivity index (χ0n) is 14.0. The summed E-state index contributed by atoms with van der Waals surface area (Å²) >= 11 is 3.47. The molecule has 0 radical (unpaired) electrons. The molecule has 0 amide bonds. The van der Waals surface area contributed by atoms with Crippen LogP contribution in [0.4, 0.5) is 0 Å². The molecular formula is C18H19BrN2O4. The summed E-state index contributed by atoms with van der Waals surface area (Å²) in [5, 5.41) is 4.58. The number of aromatic nitrogens is 2. The van der Waals surface area contributed by atoms with E-state index < -0.39 is 5.97 Å². The van der Waals surface area contributed by atoms with E-state index in [1.54, 1.807) is 6.92 Å². The molecule has 0 aliphatic carbocycles. The van der Waals surface area contributed by atoms with Gasteiger partial charge < -0.3 is 14.2 Å². The Hall–Kier alpha value is -1.86. The second-order valence-electron chi connectivity index (χ2n) is 6.09. The van der Waals surface area contributed by atoms with Crippen molar-refractivity contribution in [1.29, 1.82) is 0 Å². The molecule has 2 aromatic rings. The molecule has 1 aromatic heterocycles. The van der Waals surface area contributed by atoms with Crippen molar-refractivity contribution >= 4 is 21.9 Å². The maximum atomic E-state index is 12.4. The topological polar surface area (TPSA) is 62.6 Å². The third-order valence-corrected chi connectivity index (χ3v) is 4.97. The van der Waals surface area contributed by atoms with Gasteiger partial charge in [0.1, 0.15) is 12.4 Å². The lowest BCUT2D eigenvalue weighted by Gasteiger charge is -2.26. The molecular weight excluding hydrogens is 388 g/mol. The highest BCUT2D eigenvalue weighted by molar-refractivity contribution is 9.10. The fourth-order valence-corrected chi connectivity index (χ4v) is 3.68. The molecule has 25 heavy (non-hydrogen) atoms. The van der Waals surface area contributed by atoms with Crippen molar-refractivity contribution in [2.45, 2.75) is 39.0 Å². The van der Waals surface area contributed by atoms with Gasteiger partial charge in [0.25, 0.3) is 0 Å². The first-order chi connectivity index (χ1) is 12.2. The van der Waals surface area contributed by atoms with Crippen LogP contribution in [-0.2, 0) is 16.1 Å². The molecule has 1 atom stereocenters. The lowest BCUT2D eigenvalue weighted by molar-refractivity contribution is -0.0387. The highest BCUT2D eigenvalue weighted by atomic mass is 79.9. The van der Waals surface area contributed by atoms with Crippen molar-refractivity contribution < 1.29 is 19.0 Å². The van der Waals surface area contributed by atoms with E-state index in [1.165, 1.54) is 0 Å². The van der Waals surface area contributed by atoms with Gasteiger partial charge in [0.15, 0.2) is 11.9 Å². The third kappa shape index (κ3) is 2.95. The summed E-state index contributed by atoms with van der Waals surface area (Å²) in [6, 6.07) is 5.87. The normalized spacial score (nSPS) is 18.9. The van der Waals surface area contributed by atoms with Crippen molar-refractivity contribution in [1.82, 2.24) is 9.78 Å². The van der Waals surface area contributed by atoms with Crippen LogP contribution in [0.25, 0.3) is 11.3 Å². The molecule has 7 heteroatoms. The standard InChI is InChI=1S/C18H19BrN2O4/c1-2-23-18(22)16-13-10-25-14-9-11(19)6-7-12(14)17(13)21(20-16)15-5-3-4-8-24-15/h6-7,9,15H,2-5,8,10H2,1H3. The van der Waals surface area contributed by atoms with Gasteiger partial charge in [-0.3, -0.25) is 0 Å². The van der Waals surface area contributed by atoms with Crippen molar-refractivity contribution in [3.8, 4) is 17.0 Å². The summed E-state index contributed by atoms with van der Waals surface area (Å²) < 4.78 is 19.8. The van der Waals surface area contributed by atoms with Crippen LogP contribution >= 0.6 is 15.9 Å². The van der Waals surface area contributed by atoms with Crippen molar-refractivity contribution in [3.63, 3.8) is 0 Å². The van der Waals surface area contributed by atoms with Crippen LogP contribution in [0, 0.1) is 0 Å². The number of carbonyl (C=O) groups excluding carboxylic acids is 1. The Labute approximate surface area is 154 Å². The van der Waals surface area contributed by atoms with Crippen LogP contribution in [0.5, 0.6) is 5.75 Å². The quantitative estimate of drug-likeness (QED) is 0.718. The number of hydrogen-bond donors (Lipinski definition) is 0. The Morgan fingerprint density at radius 2 is 2.32 bits per heavy atom. The lowest BCUT2D eigenvalue weighted by Crippen LogP contribution is -2.21. The molecule has 3 heterocycles. The number of ether oxygens (including phenoxy) is 3. The second kappa shape index (κ2) is 6.80. The van der Waals surface area contributed by atoms with E-state index in [0.29, 0.717) is 25.5 Å². The van der Waals surface area contributed by atoms with E-state index in [1.807, 2.05) is 22.9 Å². The average molecular weight is 407 g/mol. The van der Waals surface area contributed by atoms with Crippen LogP contribution in [-0.4, -0.2) is 29.0 Å². The van der Waals surface area contributed by atoms with Crippen molar-refractivity contribution in [3.05, 3.63) is 33.9 Å². The first-order valence-corrected chi connectivity index (χ1v) is 9.31. The largest absolute Gasteiger partial charge is 0.488 e. The van der Waals surface area contributed by atoms with Crippen LogP contribution in [0.15, 0.2) is 22.7 Å². The zero-order valence-corrected chi connectivity index (χ0v) is 15.5. The summed E-state index contributed by atoms with van der Waals surface area (Å²) in [7, 11) is 0. The minimum atomic E-state index is -0.419. The molecule has 0 saturated carbocycles. The van der Waals surface area contributed by atoms with Gasteiger partial charge in [0, 0.05) is 16.6 Å². The minimum absolute atomic E-state index is 0.166. The third-order valence-electron chi connectivity index (χ3n) is 4.48. The maximum absolute atomic E-state index is 12.4. The molecule has 2 aliphatic rings. The summed E-state index contributed by atoms with van der Waals surface area (Å²) in [6.07, 6.45) is 2.85. The summed E-state index contributed by atoms with van der Waals surface area (Å²) in [6.45, 7) is 3.09. The van der Waals surface area contributed by atoms with Crippen LogP contribution in [0.1, 0.15) is 48.5 Å². The maximum Gasteiger partial charge on any atom is 0.359 e. The summed E-state index contributed by atoms with van der Waals surface area (Å²) in [5.74, 6) is 0.353. The van der Waals surface area contributed by atoms with E-state index >= 15 is 0 Å². The van der Waals surface area contributed by atoms with E-state index in [9.17, 15) is 4.79 Å². The molecule has 1 unspecified atom stereocenters. The van der Waals surface area contributed by atoms with E-state index in [0.717, 1.165) is 46.3 Å². The first-order valence-electron chi connectivity index (χ1n) is 8.52. The second-order valence-corrected chi connectivity index (χ2v) is 7.01. The molecule has 6 nitrogen and oxygen atoms in total. The van der Waals surface area contributed by atoms with Crippen LogP contribution in [0.2, 0.25) is 0 Å². The van der Waals surface area contributed by atoms with Gasteiger partial charge in [0.2, 0.25) is 0 Å². The Balaban J connectivity index is 1.87.